The molecule has 3 aromatic rings. The van der Waals surface area contributed by atoms with Gasteiger partial charge in [0.05, 0.1) is 22.5 Å². The summed E-state index contributed by atoms with van der Waals surface area (Å²) in [6.07, 6.45) is 0. The predicted molar refractivity (Wildman–Crippen MR) is 81.0 cm³/mol. The first-order valence-corrected chi connectivity index (χ1v) is 6.47. The second-order valence-electron chi connectivity index (χ2n) is 4.69. The molecule has 0 bridgehead atoms. The van der Waals surface area contributed by atoms with Crippen molar-refractivity contribution in [2.75, 3.05) is 5.32 Å². The summed E-state index contributed by atoms with van der Waals surface area (Å²) in [5.74, 6) is -0.951. The Labute approximate surface area is 121 Å². The SMILES string of the molecule is Cc1nnc2ccccc2c1Nc1cccc(C(=O)O)c1. The van der Waals surface area contributed by atoms with Crippen LogP contribution in [0.15, 0.2) is 48.5 Å². The highest BCUT2D eigenvalue weighted by atomic mass is 16.4. The van der Waals surface area contributed by atoms with Crippen LogP contribution in [-0.2, 0) is 0 Å². The van der Waals surface area contributed by atoms with Crippen LogP contribution in [0.1, 0.15) is 16.1 Å². The number of nitrogens with one attached hydrogen (secondary N) is 1. The average Bonchev–Trinajstić information content (AvgIpc) is 2.50. The van der Waals surface area contributed by atoms with E-state index in [0.717, 1.165) is 22.3 Å². The Bertz CT molecular complexity index is 831. The lowest BCUT2D eigenvalue weighted by atomic mass is 10.1. The molecule has 1 heterocycles. The third-order valence-electron chi connectivity index (χ3n) is 3.22. The van der Waals surface area contributed by atoms with Crippen molar-refractivity contribution in [2.45, 2.75) is 6.92 Å². The highest BCUT2D eigenvalue weighted by Gasteiger charge is 2.09. The fourth-order valence-corrected chi connectivity index (χ4v) is 2.18. The molecule has 1 aromatic heterocycles. The molecule has 0 fully saturated rings. The summed E-state index contributed by atoms with van der Waals surface area (Å²) in [4.78, 5) is 11.0. The number of anilines is 2. The van der Waals surface area contributed by atoms with E-state index in [1.54, 1.807) is 18.2 Å². The summed E-state index contributed by atoms with van der Waals surface area (Å²) in [7, 11) is 0. The van der Waals surface area contributed by atoms with E-state index >= 15 is 0 Å². The molecule has 21 heavy (non-hydrogen) atoms. The van der Waals surface area contributed by atoms with Gasteiger partial charge in [0.2, 0.25) is 0 Å². The fraction of sp³-hybridized carbons (Fsp3) is 0.0625. The first kappa shape index (κ1) is 13.1. The number of aromatic carboxylic acids is 1. The summed E-state index contributed by atoms with van der Waals surface area (Å²) in [6, 6.07) is 14.4. The summed E-state index contributed by atoms with van der Waals surface area (Å²) in [5.41, 5.74) is 3.33. The molecule has 0 saturated heterocycles. The third-order valence-corrected chi connectivity index (χ3v) is 3.22. The Morgan fingerprint density at radius 1 is 1.10 bits per heavy atom. The number of aryl methyl sites for hydroxylation is 1. The van der Waals surface area contributed by atoms with Crippen molar-refractivity contribution >= 4 is 28.2 Å². The van der Waals surface area contributed by atoms with Crippen molar-refractivity contribution in [1.29, 1.82) is 0 Å². The highest BCUT2D eigenvalue weighted by Crippen LogP contribution is 2.27. The highest BCUT2D eigenvalue weighted by molar-refractivity contribution is 5.94. The van der Waals surface area contributed by atoms with Crippen molar-refractivity contribution in [2.24, 2.45) is 0 Å². The molecule has 2 aromatic carbocycles. The molecule has 0 aliphatic carbocycles. The van der Waals surface area contributed by atoms with E-state index in [9.17, 15) is 4.79 Å². The molecule has 0 spiro atoms. The molecule has 0 saturated carbocycles. The van der Waals surface area contributed by atoms with E-state index in [1.165, 1.54) is 0 Å². The van der Waals surface area contributed by atoms with Crippen LogP contribution in [0.2, 0.25) is 0 Å². The van der Waals surface area contributed by atoms with Gasteiger partial charge in [-0.25, -0.2) is 4.79 Å². The smallest absolute Gasteiger partial charge is 0.335 e. The molecule has 0 aliphatic heterocycles. The van der Waals surface area contributed by atoms with Gasteiger partial charge in [0.15, 0.2) is 0 Å². The van der Waals surface area contributed by atoms with Gasteiger partial charge >= 0.3 is 5.97 Å². The predicted octanol–water partition coefficient (Wildman–Crippen LogP) is 3.38. The number of rotatable bonds is 3. The van der Waals surface area contributed by atoms with Gasteiger partial charge in [0, 0.05) is 11.1 Å². The molecular formula is C16H13N3O2. The minimum Gasteiger partial charge on any atom is -0.478 e. The number of nitrogens with zero attached hydrogens (tertiary/aromatic N) is 2. The summed E-state index contributed by atoms with van der Waals surface area (Å²) < 4.78 is 0. The average molecular weight is 279 g/mol. The van der Waals surface area contributed by atoms with Crippen LogP contribution < -0.4 is 5.32 Å². The molecular weight excluding hydrogens is 266 g/mol. The maximum absolute atomic E-state index is 11.0. The third kappa shape index (κ3) is 2.53. The van der Waals surface area contributed by atoms with Crippen LogP contribution in [0.25, 0.3) is 10.9 Å². The Kier molecular flexibility index (Phi) is 3.23. The zero-order valence-electron chi connectivity index (χ0n) is 11.4. The van der Waals surface area contributed by atoms with Gasteiger partial charge in [0.25, 0.3) is 0 Å². The Morgan fingerprint density at radius 3 is 2.71 bits per heavy atom. The summed E-state index contributed by atoms with van der Waals surface area (Å²) in [5, 5.41) is 21.5. The van der Waals surface area contributed by atoms with Gasteiger partial charge in [-0.3, -0.25) is 0 Å². The van der Waals surface area contributed by atoms with Crippen molar-refractivity contribution in [3.8, 4) is 0 Å². The maximum atomic E-state index is 11.0. The van der Waals surface area contributed by atoms with E-state index in [1.807, 2.05) is 37.3 Å². The van der Waals surface area contributed by atoms with Crippen molar-refractivity contribution in [3.05, 3.63) is 59.8 Å². The number of fused-ring (bicyclic) bond motifs is 1. The molecule has 5 heteroatoms. The molecule has 3 rings (SSSR count). The van der Waals surface area contributed by atoms with Crippen molar-refractivity contribution in [1.82, 2.24) is 10.2 Å². The number of carboxylic acids is 1. The van der Waals surface area contributed by atoms with E-state index in [2.05, 4.69) is 15.5 Å². The van der Waals surface area contributed by atoms with Crippen LogP contribution in [0.5, 0.6) is 0 Å². The van der Waals surface area contributed by atoms with Crippen LogP contribution in [0.4, 0.5) is 11.4 Å². The second-order valence-corrected chi connectivity index (χ2v) is 4.69. The van der Waals surface area contributed by atoms with Crippen LogP contribution in [0, 0.1) is 6.92 Å². The molecule has 0 aliphatic rings. The molecule has 0 amide bonds. The lowest BCUT2D eigenvalue weighted by Gasteiger charge is -2.11. The molecule has 5 nitrogen and oxygen atoms in total. The quantitative estimate of drug-likeness (QED) is 0.768. The van der Waals surface area contributed by atoms with Crippen molar-refractivity contribution < 1.29 is 9.90 Å². The molecule has 0 radical (unpaired) electrons. The van der Waals surface area contributed by atoms with E-state index in [4.69, 9.17) is 5.11 Å². The zero-order chi connectivity index (χ0) is 14.8. The lowest BCUT2D eigenvalue weighted by molar-refractivity contribution is 0.0697. The number of carbonyl (C=O) groups is 1. The fourth-order valence-electron chi connectivity index (χ4n) is 2.18. The Balaban J connectivity index is 2.07. The Hall–Kier alpha value is -2.95. The van der Waals surface area contributed by atoms with Gasteiger partial charge in [-0.1, -0.05) is 24.3 Å². The summed E-state index contributed by atoms with van der Waals surface area (Å²) in [6.45, 7) is 1.86. The largest absolute Gasteiger partial charge is 0.478 e. The van der Waals surface area contributed by atoms with Gasteiger partial charge < -0.3 is 10.4 Å². The van der Waals surface area contributed by atoms with Gasteiger partial charge in [-0.05, 0) is 31.2 Å². The van der Waals surface area contributed by atoms with Gasteiger partial charge in [0.1, 0.15) is 0 Å². The minimum atomic E-state index is -0.951. The van der Waals surface area contributed by atoms with Gasteiger partial charge in [-0.2, -0.15) is 10.2 Å². The number of carboxylic acid groups (broad SMARTS) is 1. The Morgan fingerprint density at radius 2 is 1.90 bits per heavy atom. The normalized spacial score (nSPS) is 10.5. The minimum absolute atomic E-state index is 0.240. The van der Waals surface area contributed by atoms with E-state index in [-0.39, 0.29) is 5.56 Å². The van der Waals surface area contributed by atoms with Crippen molar-refractivity contribution in [3.63, 3.8) is 0 Å². The second kappa shape index (κ2) is 5.20. The van der Waals surface area contributed by atoms with Gasteiger partial charge in [-0.15, -0.1) is 0 Å². The standard InChI is InChI=1S/C16H13N3O2/c1-10-15(13-7-2-3-8-14(13)19-18-10)17-12-6-4-5-11(9-12)16(20)21/h2-9H,1H3,(H,17,19)(H,20,21). The van der Waals surface area contributed by atoms with E-state index < -0.39 is 5.97 Å². The topological polar surface area (TPSA) is 75.1 Å². The molecule has 0 unspecified atom stereocenters. The lowest BCUT2D eigenvalue weighted by Crippen LogP contribution is -2.01. The first-order valence-electron chi connectivity index (χ1n) is 6.47. The van der Waals surface area contributed by atoms with Crippen LogP contribution in [-0.4, -0.2) is 21.3 Å². The zero-order valence-corrected chi connectivity index (χ0v) is 11.4. The molecule has 104 valence electrons. The van der Waals surface area contributed by atoms with E-state index in [0.29, 0.717) is 5.69 Å². The molecule has 2 N–H and O–H groups in total. The van der Waals surface area contributed by atoms with Crippen LogP contribution in [0.3, 0.4) is 0 Å². The number of aromatic nitrogens is 2. The molecule has 0 atom stereocenters. The number of hydrogen-bond donors (Lipinski definition) is 2. The summed E-state index contributed by atoms with van der Waals surface area (Å²) >= 11 is 0. The van der Waals surface area contributed by atoms with Crippen LogP contribution >= 0.6 is 0 Å². The monoisotopic (exact) mass is 279 g/mol. The first-order chi connectivity index (χ1) is 10.1. The number of hydrogen-bond acceptors (Lipinski definition) is 4. The maximum Gasteiger partial charge on any atom is 0.335 e. The number of benzene rings is 2.